The van der Waals surface area contributed by atoms with Gasteiger partial charge in [-0.15, -0.1) is 0 Å². The third-order valence-electron chi connectivity index (χ3n) is 5.16. The van der Waals surface area contributed by atoms with Crippen molar-refractivity contribution in [3.8, 4) is 0 Å². The fourth-order valence-corrected chi connectivity index (χ4v) is 3.58. The van der Waals surface area contributed by atoms with E-state index in [1.807, 2.05) is 36.9 Å². The molecule has 0 bridgehead atoms. The van der Waals surface area contributed by atoms with Gasteiger partial charge in [-0.2, -0.15) is 0 Å². The minimum absolute atomic E-state index is 0.0111. The Hall–Kier alpha value is -1.82. The van der Waals surface area contributed by atoms with Crippen molar-refractivity contribution in [3.63, 3.8) is 0 Å². The van der Waals surface area contributed by atoms with Gasteiger partial charge in [-0.1, -0.05) is 19.8 Å². The molecule has 1 fully saturated rings. The lowest BCUT2D eigenvalue weighted by Crippen LogP contribution is -2.45. The lowest BCUT2D eigenvalue weighted by Gasteiger charge is -2.29. The highest BCUT2D eigenvalue weighted by molar-refractivity contribution is 5.86. The average molecular weight is 364 g/mol. The number of rotatable bonds is 10. The molecule has 1 aliphatic rings. The average Bonchev–Trinajstić information content (AvgIpc) is 3.29. The first-order valence-corrected chi connectivity index (χ1v) is 9.72. The van der Waals surface area contributed by atoms with Gasteiger partial charge in [0.25, 0.3) is 0 Å². The molecule has 1 aromatic rings. The van der Waals surface area contributed by atoms with Crippen LogP contribution < -0.4 is 0 Å². The SMILES string of the molecule is CCCN(CC(=O)N(CCOC)Cc1cccn1C)C(=O)C1CCCC1. The molecule has 0 N–H and O–H groups in total. The molecule has 1 saturated carbocycles. The van der Waals surface area contributed by atoms with Gasteiger partial charge in [0.15, 0.2) is 0 Å². The number of carbonyl (C=O) groups excluding carboxylic acids is 2. The lowest BCUT2D eigenvalue weighted by atomic mass is 10.1. The van der Waals surface area contributed by atoms with Crippen molar-refractivity contribution in [2.24, 2.45) is 13.0 Å². The highest BCUT2D eigenvalue weighted by atomic mass is 16.5. The molecule has 1 heterocycles. The van der Waals surface area contributed by atoms with Gasteiger partial charge in [0.1, 0.15) is 0 Å². The van der Waals surface area contributed by atoms with Crippen LogP contribution in [0, 0.1) is 5.92 Å². The van der Waals surface area contributed by atoms with Crippen LogP contribution in [0.5, 0.6) is 0 Å². The van der Waals surface area contributed by atoms with Crippen LogP contribution in [0.4, 0.5) is 0 Å². The zero-order valence-electron chi connectivity index (χ0n) is 16.4. The smallest absolute Gasteiger partial charge is 0.242 e. The zero-order chi connectivity index (χ0) is 18.9. The summed E-state index contributed by atoms with van der Waals surface area (Å²) in [6, 6.07) is 3.99. The second-order valence-electron chi connectivity index (χ2n) is 7.16. The van der Waals surface area contributed by atoms with Gasteiger partial charge in [-0.3, -0.25) is 9.59 Å². The quantitative estimate of drug-likeness (QED) is 0.641. The van der Waals surface area contributed by atoms with Crippen LogP contribution in [0.2, 0.25) is 0 Å². The van der Waals surface area contributed by atoms with Crippen LogP contribution in [-0.2, 0) is 27.9 Å². The van der Waals surface area contributed by atoms with E-state index < -0.39 is 0 Å². The summed E-state index contributed by atoms with van der Waals surface area (Å²) in [5.74, 6) is 0.251. The molecule has 26 heavy (non-hydrogen) atoms. The Morgan fingerprint density at radius 1 is 1.23 bits per heavy atom. The van der Waals surface area contributed by atoms with Gasteiger partial charge in [0, 0.05) is 45.1 Å². The Bertz CT molecular complexity index is 579. The van der Waals surface area contributed by atoms with Crippen LogP contribution in [0.25, 0.3) is 0 Å². The summed E-state index contributed by atoms with van der Waals surface area (Å²) >= 11 is 0. The number of hydrogen-bond donors (Lipinski definition) is 0. The van der Waals surface area contributed by atoms with Crippen molar-refractivity contribution in [1.82, 2.24) is 14.4 Å². The van der Waals surface area contributed by atoms with E-state index in [9.17, 15) is 9.59 Å². The predicted molar refractivity (Wildman–Crippen MR) is 102 cm³/mol. The highest BCUT2D eigenvalue weighted by Crippen LogP contribution is 2.26. The molecule has 0 atom stereocenters. The van der Waals surface area contributed by atoms with Crippen molar-refractivity contribution >= 4 is 11.8 Å². The molecule has 1 aromatic heterocycles. The van der Waals surface area contributed by atoms with Crippen molar-refractivity contribution in [2.45, 2.75) is 45.6 Å². The number of aromatic nitrogens is 1. The summed E-state index contributed by atoms with van der Waals surface area (Å²) in [5, 5.41) is 0. The van der Waals surface area contributed by atoms with Crippen LogP contribution in [0.15, 0.2) is 18.3 Å². The number of methoxy groups -OCH3 is 1. The zero-order valence-corrected chi connectivity index (χ0v) is 16.4. The molecular weight excluding hydrogens is 330 g/mol. The van der Waals surface area contributed by atoms with Gasteiger partial charge in [0.05, 0.1) is 19.7 Å². The van der Waals surface area contributed by atoms with Crippen molar-refractivity contribution < 1.29 is 14.3 Å². The maximum Gasteiger partial charge on any atom is 0.242 e. The van der Waals surface area contributed by atoms with E-state index in [0.717, 1.165) is 37.8 Å². The Balaban J connectivity index is 2.03. The Morgan fingerprint density at radius 3 is 2.54 bits per heavy atom. The van der Waals surface area contributed by atoms with E-state index in [2.05, 4.69) is 0 Å². The van der Waals surface area contributed by atoms with Crippen molar-refractivity contribution in [2.75, 3.05) is 33.4 Å². The summed E-state index contributed by atoms with van der Waals surface area (Å²) in [6.07, 6.45) is 7.01. The van der Waals surface area contributed by atoms with E-state index in [4.69, 9.17) is 4.74 Å². The minimum atomic E-state index is -0.0111. The molecular formula is C20H33N3O3. The number of hydrogen-bond acceptors (Lipinski definition) is 3. The topological polar surface area (TPSA) is 54.8 Å². The van der Waals surface area contributed by atoms with E-state index in [1.165, 1.54) is 0 Å². The highest BCUT2D eigenvalue weighted by Gasteiger charge is 2.29. The molecule has 6 nitrogen and oxygen atoms in total. The molecule has 0 unspecified atom stereocenters. The lowest BCUT2D eigenvalue weighted by molar-refractivity contribution is -0.143. The largest absolute Gasteiger partial charge is 0.383 e. The second kappa shape index (κ2) is 10.4. The van der Waals surface area contributed by atoms with E-state index >= 15 is 0 Å². The van der Waals surface area contributed by atoms with E-state index in [0.29, 0.717) is 26.2 Å². The van der Waals surface area contributed by atoms with Crippen molar-refractivity contribution in [3.05, 3.63) is 24.0 Å². The number of ether oxygens (including phenoxy) is 1. The third-order valence-corrected chi connectivity index (χ3v) is 5.16. The van der Waals surface area contributed by atoms with Gasteiger partial charge >= 0.3 is 0 Å². The van der Waals surface area contributed by atoms with E-state index in [1.54, 1.807) is 16.9 Å². The molecule has 0 spiro atoms. The summed E-state index contributed by atoms with van der Waals surface area (Å²) in [5.41, 5.74) is 1.07. The first kappa shape index (κ1) is 20.5. The summed E-state index contributed by atoms with van der Waals surface area (Å²) < 4.78 is 7.19. The summed E-state index contributed by atoms with van der Waals surface area (Å²) in [6.45, 7) is 4.40. The third kappa shape index (κ3) is 5.59. The van der Waals surface area contributed by atoms with Crippen molar-refractivity contribution in [1.29, 1.82) is 0 Å². The molecule has 0 aliphatic heterocycles. The molecule has 146 valence electrons. The number of amides is 2. The standard InChI is InChI=1S/C20H33N3O3/c1-4-11-23(20(25)17-8-5-6-9-17)16-19(24)22(13-14-26-3)15-18-10-7-12-21(18)2/h7,10,12,17H,4-6,8-9,11,13-16H2,1-3H3. The molecule has 0 aromatic carbocycles. The number of carbonyl (C=O) groups is 2. The van der Waals surface area contributed by atoms with Gasteiger partial charge < -0.3 is 19.1 Å². The first-order valence-electron chi connectivity index (χ1n) is 9.72. The van der Waals surface area contributed by atoms with Gasteiger partial charge in [0.2, 0.25) is 11.8 Å². The monoisotopic (exact) mass is 363 g/mol. The molecule has 6 heteroatoms. The summed E-state index contributed by atoms with van der Waals surface area (Å²) in [7, 11) is 3.61. The Kier molecular flexibility index (Phi) is 8.16. The van der Waals surface area contributed by atoms with Crippen LogP contribution in [0.3, 0.4) is 0 Å². The van der Waals surface area contributed by atoms with Crippen LogP contribution in [0.1, 0.15) is 44.7 Å². The fraction of sp³-hybridized carbons (Fsp3) is 0.700. The summed E-state index contributed by atoms with van der Waals surface area (Å²) in [4.78, 5) is 29.3. The predicted octanol–water partition coefficient (Wildman–Crippen LogP) is 2.43. The first-order chi connectivity index (χ1) is 12.6. The normalized spacial score (nSPS) is 14.6. The molecule has 0 radical (unpaired) electrons. The maximum atomic E-state index is 13.0. The molecule has 0 saturated heterocycles. The van der Waals surface area contributed by atoms with Gasteiger partial charge in [-0.05, 0) is 31.4 Å². The van der Waals surface area contributed by atoms with Crippen LogP contribution in [-0.4, -0.2) is 59.5 Å². The van der Waals surface area contributed by atoms with E-state index in [-0.39, 0.29) is 24.3 Å². The maximum absolute atomic E-state index is 13.0. The number of nitrogens with zero attached hydrogens (tertiary/aromatic N) is 3. The Labute approximate surface area is 157 Å². The fourth-order valence-electron chi connectivity index (χ4n) is 3.58. The Morgan fingerprint density at radius 2 is 1.96 bits per heavy atom. The van der Waals surface area contributed by atoms with Crippen LogP contribution >= 0.6 is 0 Å². The minimum Gasteiger partial charge on any atom is -0.383 e. The molecule has 2 amide bonds. The van der Waals surface area contributed by atoms with Gasteiger partial charge in [-0.25, -0.2) is 0 Å². The number of aryl methyl sites for hydroxylation is 1. The molecule has 2 rings (SSSR count). The molecule has 1 aliphatic carbocycles. The second-order valence-corrected chi connectivity index (χ2v) is 7.16.